The molecule has 6 nitrogen and oxygen atoms in total. The molecule has 6 heteroatoms. The monoisotopic (exact) mass is 264 g/mol. The topological polar surface area (TPSA) is 100.0 Å². The highest BCUT2D eigenvalue weighted by molar-refractivity contribution is 4.52. The number of unbranched alkanes of at least 4 members (excludes halogenated alkanes) is 8. The average molecular weight is 264 g/mol. The molecule has 0 aliphatic rings. The minimum atomic E-state index is -0.146. The molecule has 0 bridgehead atoms. The Morgan fingerprint density at radius 1 is 0.778 bits per heavy atom. The van der Waals surface area contributed by atoms with Crippen LogP contribution in [-0.4, -0.2) is 18.0 Å². The minimum absolute atomic E-state index is 0.146. The van der Waals surface area contributed by atoms with E-state index in [4.69, 9.17) is 16.7 Å². The molecule has 0 heterocycles. The van der Waals surface area contributed by atoms with Crippen LogP contribution >= 0.6 is 0 Å². The van der Waals surface area contributed by atoms with E-state index in [1.165, 1.54) is 38.5 Å². The van der Waals surface area contributed by atoms with Crippen molar-refractivity contribution in [1.29, 1.82) is 0 Å². The van der Waals surface area contributed by atoms with Crippen LogP contribution in [0.3, 0.4) is 0 Å². The summed E-state index contributed by atoms with van der Waals surface area (Å²) < 4.78 is 0. The minimum Gasteiger partial charge on any atom is -0.316 e. The molecular formula is C12H28N2O4. The summed E-state index contributed by atoms with van der Waals surface area (Å²) in [5, 5.41) is 15.0. The second-order valence-corrected chi connectivity index (χ2v) is 4.60. The smallest absolute Gasteiger partial charge is 0.0854 e. The first-order valence-corrected chi connectivity index (χ1v) is 6.88. The number of nitrogens with two attached hydrogens (primary N) is 2. The molecule has 0 aromatic rings. The largest absolute Gasteiger partial charge is 0.316 e. The van der Waals surface area contributed by atoms with Gasteiger partial charge in [-0.15, -0.1) is 0 Å². The van der Waals surface area contributed by atoms with Crippen molar-refractivity contribution in [3.63, 3.8) is 0 Å². The fraction of sp³-hybridized carbons (Fsp3) is 1.00. The Bertz CT molecular complexity index is 159. The summed E-state index contributed by atoms with van der Waals surface area (Å²) in [5.41, 5.74) is 10.9. The highest BCUT2D eigenvalue weighted by atomic mass is 17.6. The molecule has 110 valence electrons. The van der Waals surface area contributed by atoms with E-state index in [-0.39, 0.29) is 6.17 Å². The summed E-state index contributed by atoms with van der Waals surface area (Å²) in [4.78, 5) is 4.48. The van der Waals surface area contributed by atoms with E-state index < -0.39 is 0 Å². The molecule has 0 unspecified atom stereocenters. The Kier molecular flexibility index (Phi) is 14.6. The van der Waals surface area contributed by atoms with E-state index >= 15 is 0 Å². The molecule has 0 amide bonds. The van der Waals surface area contributed by atoms with Gasteiger partial charge in [0.2, 0.25) is 0 Å². The first kappa shape index (κ1) is 17.8. The lowest BCUT2D eigenvalue weighted by molar-refractivity contribution is -0.623. The predicted molar refractivity (Wildman–Crippen MR) is 69.1 cm³/mol. The molecule has 5 N–H and O–H groups in total. The third-order valence-electron chi connectivity index (χ3n) is 2.84. The number of rotatable bonds is 14. The summed E-state index contributed by atoms with van der Waals surface area (Å²) in [6.07, 6.45) is 11.5. The number of hydrogen-bond donors (Lipinski definition) is 3. The van der Waals surface area contributed by atoms with Crippen molar-refractivity contribution < 1.29 is 20.2 Å². The SMILES string of the molecule is NC(N)CCCCCCCCCCCOOOO. The van der Waals surface area contributed by atoms with Crippen LogP contribution in [0.1, 0.15) is 64.2 Å². The molecule has 0 rings (SSSR count). The van der Waals surface area contributed by atoms with Crippen molar-refractivity contribution in [2.45, 2.75) is 70.4 Å². The molecule has 18 heavy (non-hydrogen) atoms. The lowest BCUT2D eigenvalue weighted by atomic mass is 10.1. The van der Waals surface area contributed by atoms with Crippen LogP contribution in [-0.2, 0) is 15.0 Å². The van der Waals surface area contributed by atoms with Gasteiger partial charge in [-0.05, 0) is 22.9 Å². The lowest BCUT2D eigenvalue weighted by Gasteiger charge is -2.04. The van der Waals surface area contributed by atoms with Crippen LogP contribution < -0.4 is 11.5 Å². The van der Waals surface area contributed by atoms with Crippen LogP contribution in [0.2, 0.25) is 0 Å². The normalized spacial score (nSPS) is 11.3. The Morgan fingerprint density at radius 3 is 1.78 bits per heavy atom. The van der Waals surface area contributed by atoms with Crippen molar-refractivity contribution >= 4 is 0 Å². The van der Waals surface area contributed by atoms with Crippen molar-refractivity contribution in [3.05, 3.63) is 0 Å². The van der Waals surface area contributed by atoms with Gasteiger partial charge in [0.25, 0.3) is 0 Å². The fourth-order valence-electron chi connectivity index (χ4n) is 1.83. The van der Waals surface area contributed by atoms with E-state index in [2.05, 4.69) is 15.0 Å². The summed E-state index contributed by atoms with van der Waals surface area (Å²) in [6, 6.07) is 0. The van der Waals surface area contributed by atoms with Gasteiger partial charge in [-0.2, -0.15) is 0 Å². The van der Waals surface area contributed by atoms with Crippen molar-refractivity contribution in [2.24, 2.45) is 11.5 Å². The van der Waals surface area contributed by atoms with E-state index in [1.807, 2.05) is 0 Å². The van der Waals surface area contributed by atoms with Crippen molar-refractivity contribution in [3.8, 4) is 0 Å². The zero-order chi connectivity index (χ0) is 13.5. The third-order valence-corrected chi connectivity index (χ3v) is 2.84. The molecule has 0 atom stereocenters. The van der Waals surface area contributed by atoms with Crippen molar-refractivity contribution in [2.75, 3.05) is 6.61 Å². The van der Waals surface area contributed by atoms with E-state index in [0.717, 1.165) is 25.7 Å². The van der Waals surface area contributed by atoms with Gasteiger partial charge in [-0.1, -0.05) is 51.4 Å². The lowest BCUT2D eigenvalue weighted by Crippen LogP contribution is -2.29. The fourth-order valence-corrected chi connectivity index (χ4v) is 1.83. The maximum Gasteiger partial charge on any atom is 0.0854 e. The molecular weight excluding hydrogens is 236 g/mol. The zero-order valence-corrected chi connectivity index (χ0v) is 11.2. The van der Waals surface area contributed by atoms with E-state index in [1.54, 1.807) is 0 Å². The molecule has 0 fully saturated rings. The second kappa shape index (κ2) is 14.8. The van der Waals surface area contributed by atoms with Crippen LogP contribution in [0.25, 0.3) is 0 Å². The summed E-state index contributed by atoms with van der Waals surface area (Å²) in [7, 11) is 0. The molecule has 0 saturated carbocycles. The van der Waals surface area contributed by atoms with E-state index in [9.17, 15) is 0 Å². The van der Waals surface area contributed by atoms with Gasteiger partial charge in [-0.25, -0.2) is 10.1 Å². The molecule has 0 aliphatic heterocycles. The van der Waals surface area contributed by atoms with Crippen LogP contribution in [0.5, 0.6) is 0 Å². The molecule has 0 aliphatic carbocycles. The second-order valence-electron chi connectivity index (χ2n) is 4.60. The van der Waals surface area contributed by atoms with Crippen LogP contribution in [0, 0.1) is 0 Å². The predicted octanol–water partition coefficient (Wildman–Crippen LogP) is 2.48. The zero-order valence-electron chi connectivity index (χ0n) is 11.2. The van der Waals surface area contributed by atoms with Gasteiger partial charge in [-0.3, -0.25) is 0 Å². The van der Waals surface area contributed by atoms with Gasteiger partial charge < -0.3 is 11.5 Å². The van der Waals surface area contributed by atoms with Crippen LogP contribution in [0.4, 0.5) is 0 Å². The summed E-state index contributed by atoms with van der Waals surface area (Å²) in [5.74, 6) is 0. The van der Waals surface area contributed by atoms with Gasteiger partial charge >= 0.3 is 0 Å². The summed E-state index contributed by atoms with van der Waals surface area (Å²) in [6.45, 7) is 0.444. The Morgan fingerprint density at radius 2 is 1.28 bits per heavy atom. The van der Waals surface area contributed by atoms with E-state index in [0.29, 0.717) is 6.61 Å². The molecule has 0 saturated heterocycles. The Hall–Kier alpha value is -0.240. The molecule has 0 aromatic carbocycles. The maximum atomic E-state index is 7.80. The maximum absolute atomic E-state index is 7.80. The first-order valence-electron chi connectivity index (χ1n) is 6.88. The van der Waals surface area contributed by atoms with Gasteiger partial charge in [0.1, 0.15) is 0 Å². The summed E-state index contributed by atoms with van der Waals surface area (Å²) >= 11 is 0. The first-order chi connectivity index (χ1) is 8.77. The third kappa shape index (κ3) is 15.8. The molecule has 0 spiro atoms. The van der Waals surface area contributed by atoms with Gasteiger partial charge in [0.15, 0.2) is 0 Å². The molecule has 0 radical (unpaired) electrons. The van der Waals surface area contributed by atoms with Crippen LogP contribution in [0.15, 0.2) is 0 Å². The quantitative estimate of drug-likeness (QED) is 0.193. The standard InChI is InChI=1S/C12H28N2O4/c13-12(14)10-8-6-4-2-1-3-5-7-9-11-16-18-17-15/h12,15H,1-11,13-14H2. The Balaban J connectivity index is 2.90. The van der Waals surface area contributed by atoms with Crippen molar-refractivity contribution in [1.82, 2.24) is 0 Å². The Labute approximate surface area is 109 Å². The number of hydrogen-bond acceptors (Lipinski definition) is 6. The average Bonchev–Trinajstić information content (AvgIpc) is 2.34. The molecule has 0 aromatic heterocycles. The highest BCUT2D eigenvalue weighted by Gasteiger charge is 1.96. The highest BCUT2D eigenvalue weighted by Crippen LogP contribution is 2.10. The van der Waals surface area contributed by atoms with Gasteiger partial charge in [0, 0.05) is 0 Å². The van der Waals surface area contributed by atoms with Gasteiger partial charge in [0.05, 0.1) is 12.8 Å².